The van der Waals surface area contributed by atoms with Crippen LogP contribution in [0.4, 0.5) is 0 Å². The summed E-state index contributed by atoms with van der Waals surface area (Å²) in [6, 6.07) is 7.68. The summed E-state index contributed by atoms with van der Waals surface area (Å²) >= 11 is 5.16. The summed E-state index contributed by atoms with van der Waals surface area (Å²) < 4.78 is 0. The lowest BCUT2D eigenvalue weighted by atomic mass is 10.2. The number of carboxylic acids is 2. The number of carbonyl (C=O) groups excluding carboxylic acids is 1. The Morgan fingerprint density at radius 3 is 2.00 bits per heavy atom. The van der Waals surface area contributed by atoms with Gasteiger partial charge in [-0.15, -0.1) is 0 Å². The molecule has 0 heterocycles. The van der Waals surface area contributed by atoms with Crippen LogP contribution >= 0.6 is 11.6 Å². The minimum atomic E-state index is -1.17. The molecule has 1 rings (SSSR count). The van der Waals surface area contributed by atoms with E-state index in [0.717, 1.165) is 0 Å². The standard InChI is InChI=1S/C7H5ClO.C5H9NO4/c8-7(9)6-4-2-1-3-5-6;6-3(5(9)10)1-2-4(7)8/h1-5H;3H,1-2,6H2,(H,7,8)(H,9,10)/t;3-/m.0/s1. The van der Waals surface area contributed by atoms with Crippen molar-refractivity contribution in [3.8, 4) is 0 Å². The number of aliphatic carboxylic acids is 2. The highest BCUT2D eigenvalue weighted by Gasteiger charge is 2.12. The smallest absolute Gasteiger partial charge is 0.320 e. The van der Waals surface area contributed by atoms with Crippen molar-refractivity contribution in [1.82, 2.24) is 0 Å². The topological polar surface area (TPSA) is 118 Å². The van der Waals surface area contributed by atoms with E-state index in [9.17, 15) is 14.4 Å². The molecule has 6 nitrogen and oxygen atoms in total. The Balaban J connectivity index is 0.000000342. The van der Waals surface area contributed by atoms with Crippen LogP contribution in [-0.4, -0.2) is 33.4 Å². The molecule has 0 saturated carbocycles. The SMILES string of the molecule is N[C@@H](CCC(=O)O)C(=O)O.O=C(Cl)c1ccccc1. The zero-order valence-electron chi connectivity index (χ0n) is 9.95. The Hall–Kier alpha value is -1.92. The number of benzene rings is 1. The van der Waals surface area contributed by atoms with Crippen LogP contribution in [0.3, 0.4) is 0 Å². The van der Waals surface area contributed by atoms with Gasteiger partial charge >= 0.3 is 11.9 Å². The summed E-state index contributed by atoms with van der Waals surface area (Å²) in [5.41, 5.74) is 5.54. The summed E-state index contributed by atoms with van der Waals surface area (Å²) in [6.45, 7) is 0. The second kappa shape index (κ2) is 9.07. The molecule has 0 aromatic heterocycles. The summed E-state index contributed by atoms with van der Waals surface area (Å²) in [6.07, 6.45) is -0.224. The highest BCUT2D eigenvalue weighted by molar-refractivity contribution is 6.67. The zero-order chi connectivity index (χ0) is 14.8. The molecule has 0 aliphatic heterocycles. The van der Waals surface area contributed by atoms with Crippen molar-refractivity contribution in [3.63, 3.8) is 0 Å². The first-order chi connectivity index (χ1) is 8.84. The molecule has 1 aromatic carbocycles. The van der Waals surface area contributed by atoms with Crippen molar-refractivity contribution in [3.05, 3.63) is 35.9 Å². The van der Waals surface area contributed by atoms with Crippen molar-refractivity contribution in [1.29, 1.82) is 0 Å². The molecule has 0 spiro atoms. The van der Waals surface area contributed by atoms with Crippen molar-refractivity contribution >= 4 is 28.8 Å². The van der Waals surface area contributed by atoms with Gasteiger partial charge in [0.2, 0.25) is 0 Å². The van der Waals surface area contributed by atoms with E-state index < -0.39 is 23.2 Å². The van der Waals surface area contributed by atoms with Crippen LogP contribution in [0.5, 0.6) is 0 Å². The fourth-order valence-corrected chi connectivity index (χ4v) is 1.10. The molecule has 1 atom stereocenters. The molecule has 1 aromatic rings. The molecule has 0 aliphatic rings. The average molecular weight is 288 g/mol. The fraction of sp³-hybridized carbons (Fsp3) is 0.250. The van der Waals surface area contributed by atoms with Gasteiger partial charge in [0.1, 0.15) is 6.04 Å². The third kappa shape index (κ3) is 8.76. The molecular weight excluding hydrogens is 274 g/mol. The van der Waals surface area contributed by atoms with Gasteiger partial charge < -0.3 is 15.9 Å². The summed E-state index contributed by atoms with van der Waals surface area (Å²) in [7, 11) is 0. The normalized spacial score (nSPS) is 10.8. The van der Waals surface area contributed by atoms with E-state index in [1.54, 1.807) is 24.3 Å². The van der Waals surface area contributed by atoms with Gasteiger partial charge in [0.05, 0.1) is 0 Å². The first-order valence-corrected chi connectivity index (χ1v) is 5.67. The number of hydrogen-bond acceptors (Lipinski definition) is 4. The van der Waals surface area contributed by atoms with E-state index in [0.29, 0.717) is 5.56 Å². The number of carboxylic acid groups (broad SMARTS) is 2. The number of carbonyl (C=O) groups is 3. The van der Waals surface area contributed by atoms with E-state index in [1.165, 1.54) is 0 Å². The molecule has 104 valence electrons. The minimum Gasteiger partial charge on any atom is -0.481 e. The van der Waals surface area contributed by atoms with Gasteiger partial charge in [-0.25, -0.2) is 0 Å². The molecule has 0 aliphatic carbocycles. The van der Waals surface area contributed by atoms with Crippen LogP contribution in [0.1, 0.15) is 23.2 Å². The average Bonchev–Trinajstić information content (AvgIpc) is 2.37. The number of halogens is 1. The van der Waals surface area contributed by atoms with Gasteiger partial charge in [0.15, 0.2) is 0 Å². The van der Waals surface area contributed by atoms with Gasteiger partial charge in [-0.1, -0.05) is 30.3 Å². The van der Waals surface area contributed by atoms with Crippen LogP contribution in [0.25, 0.3) is 0 Å². The zero-order valence-corrected chi connectivity index (χ0v) is 10.7. The molecule has 0 unspecified atom stereocenters. The number of hydrogen-bond donors (Lipinski definition) is 3. The van der Waals surface area contributed by atoms with Crippen LogP contribution in [-0.2, 0) is 9.59 Å². The van der Waals surface area contributed by atoms with E-state index in [4.69, 9.17) is 27.5 Å². The number of nitrogens with two attached hydrogens (primary N) is 1. The molecule has 7 heteroatoms. The molecule has 0 saturated heterocycles. The molecular formula is C12H14ClNO5. The Bertz CT molecular complexity index is 435. The lowest BCUT2D eigenvalue weighted by Crippen LogP contribution is -2.30. The minimum absolute atomic E-state index is 0.0231. The van der Waals surface area contributed by atoms with Gasteiger partial charge in [-0.2, -0.15) is 0 Å². The summed E-state index contributed by atoms with van der Waals surface area (Å²) in [5, 5.41) is 15.9. The van der Waals surface area contributed by atoms with Gasteiger partial charge in [0, 0.05) is 12.0 Å². The van der Waals surface area contributed by atoms with Gasteiger partial charge in [-0.3, -0.25) is 14.4 Å². The van der Waals surface area contributed by atoms with Crippen molar-refractivity contribution in [2.75, 3.05) is 0 Å². The first-order valence-electron chi connectivity index (χ1n) is 5.29. The van der Waals surface area contributed by atoms with Crippen LogP contribution in [0, 0.1) is 0 Å². The first kappa shape index (κ1) is 17.1. The largest absolute Gasteiger partial charge is 0.481 e. The molecule has 0 bridgehead atoms. The highest BCUT2D eigenvalue weighted by atomic mass is 35.5. The maximum Gasteiger partial charge on any atom is 0.320 e. The third-order valence-corrected chi connectivity index (χ3v) is 2.21. The maximum absolute atomic E-state index is 10.4. The second-order valence-electron chi connectivity index (χ2n) is 3.52. The van der Waals surface area contributed by atoms with Gasteiger partial charge in [0.25, 0.3) is 5.24 Å². The molecule has 0 radical (unpaired) electrons. The molecule has 0 amide bonds. The quantitative estimate of drug-likeness (QED) is 0.703. The van der Waals surface area contributed by atoms with E-state index in [1.807, 2.05) is 6.07 Å². The molecule has 0 fully saturated rings. The summed E-state index contributed by atoms with van der Waals surface area (Å²) in [5.74, 6) is -2.20. The van der Waals surface area contributed by atoms with E-state index in [-0.39, 0.29) is 12.8 Å². The Labute approximate surface area is 114 Å². The fourth-order valence-electron chi connectivity index (χ4n) is 0.972. The lowest BCUT2D eigenvalue weighted by molar-refractivity contribution is -0.139. The highest BCUT2D eigenvalue weighted by Crippen LogP contribution is 2.01. The Morgan fingerprint density at radius 2 is 1.68 bits per heavy atom. The Morgan fingerprint density at radius 1 is 1.16 bits per heavy atom. The van der Waals surface area contributed by atoms with E-state index >= 15 is 0 Å². The van der Waals surface area contributed by atoms with Crippen LogP contribution in [0.15, 0.2) is 30.3 Å². The van der Waals surface area contributed by atoms with Crippen molar-refractivity contribution < 1.29 is 24.6 Å². The monoisotopic (exact) mass is 287 g/mol. The lowest BCUT2D eigenvalue weighted by Gasteiger charge is -2.01. The second-order valence-corrected chi connectivity index (χ2v) is 3.86. The molecule has 19 heavy (non-hydrogen) atoms. The maximum atomic E-state index is 10.4. The third-order valence-electron chi connectivity index (χ3n) is 1.99. The molecule has 4 N–H and O–H groups in total. The van der Waals surface area contributed by atoms with Gasteiger partial charge in [-0.05, 0) is 18.0 Å². The van der Waals surface area contributed by atoms with Crippen molar-refractivity contribution in [2.45, 2.75) is 18.9 Å². The Kier molecular flexibility index (Phi) is 8.15. The van der Waals surface area contributed by atoms with E-state index in [2.05, 4.69) is 0 Å². The number of rotatable bonds is 5. The van der Waals surface area contributed by atoms with Crippen LogP contribution < -0.4 is 5.73 Å². The predicted octanol–water partition coefficient (Wildman–Crippen LogP) is 1.33. The van der Waals surface area contributed by atoms with Crippen molar-refractivity contribution in [2.24, 2.45) is 5.73 Å². The summed E-state index contributed by atoms with van der Waals surface area (Å²) in [4.78, 5) is 30.3. The van der Waals surface area contributed by atoms with Crippen LogP contribution in [0.2, 0.25) is 0 Å². The predicted molar refractivity (Wildman–Crippen MR) is 69.1 cm³/mol.